The third-order valence-electron chi connectivity index (χ3n) is 3.06. The minimum absolute atomic E-state index is 0.131. The van der Waals surface area contributed by atoms with Crippen LogP contribution in [0.5, 0.6) is 0 Å². The molecule has 102 valence electrons. The molecule has 2 heteroatoms. The molecular weight excluding hydrogens is 212 g/mol. The maximum Gasteiger partial charge on any atom is 0.132 e. The Kier molecular flexibility index (Phi) is 9.43. The van der Waals surface area contributed by atoms with Gasteiger partial charge >= 0.3 is 0 Å². The zero-order valence-electron chi connectivity index (χ0n) is 12.3. The van der Waals surface area contributed by atoms with E-state index in [1.165, 1.54) is 19.3 Å². The van der Waals surface area contributed by atoms with Crippen molar-refractivity contribution in [1.82, 2.24) is 0 Å². The maximum absolute atomic E-state index is 11.1. The number of carbonyl (C=O) groups excluding carboxylic acids is 1. The van der Waals surface area contributed by atoms with Crippen molar-refractivity contribution < 1.29 is 9.53 Å². The second-order valence-electron chi connectivity index (χ2n) is 5.65. The van der Waals surface area contributed by atoms with Crippen LogP contribution in [-0.4, -0.2) is 18.5 Å². The monoisotopic (exact) mass is 242 g/mol. The van der Waals surface area contributed by atoms with Crippen molar-refractivity contribution in [3.8, 4) is 0 Å². The summed E-state index contributed by atoms with van der Waals surface area (Å²) in [4.78, 5) is 11.1. The third kappa shape index (κ3) is 10.5. The fourth-order valence-electron chi connectivity index (χ4n) is 2.21. The molecule has 0 heterocycles. The molecule has 0 saturated carbocycles. The van der Waals surface area contributed by atoms with Gasteiger partial charge in [-0.2, -0.15) is 0 Å². The highest BCUT2D eigenvalue weighted by atomic mass is 16.5. The summed E-state index contributed by atoms with van der Waals surface area (Å²) in [6, 6.07) is 0. The first-order valence-electron chi connectivity index (χ1n) is 7.06. The zero-order valence-corrected chi connectivity index (χ0v) is 12.3. The van der Waals surface area contributed by atoms with Gasteiger partial charge in [0.2, 0.25) is 0 Å². The molecule has 0 N–H and O–H groups in total. The van der Waals surface area contributed by atoms with Crippen molar-refractivity contribution in [1.29, 1.82) is 0 Å². The molecular formula is C15H30O2. The minimum Gasteiger partial charge on any atom is -0.378 e. The van der Waals surface area contributed by atoms with E-state index in [2.05, 4.69) is 20.8 Å². The van der Waals surface area contributed by atoms with Crippen molar-refractivity contribution in [3.05, 3.63) is 0 Å². The quantitative estimate of drug-likeness (QED) is 0.573. The maximum atomic E-state index is 11.1. The van der Waals surface area contributed by atoms with E-state index < -0.39 is 0 Å². The Bertz CT molecular complexity index is 199. The highest BCUT2D eigenvalue weighted by Gasteiger charge is 2.15. The van der Waals surface area contributed by atoms with E-state index in [0.717, 1.165) is 12.3 Å². The number of hydrogen-bond donors (Lipinski definition) is 0. The summed E-state index contributed by atoms with van der Waals surface area (Å²) in [5.41, 5.74) is 0. The molecule has 0 radical (unpaired) electrons. The van der Waals surface area contributed by atoms with Crippen molar-refractivity contribution in [3.63, 3.8) is 0 Å². The Hall–Kier alpha value is -0.370. The Morgan fingerprint density at radius 2 is 1.82 bits per heavy atom. The first-order chi connectivity index (χ1) is 7.95. The van der Waals surface area contributed by atoms with E-state index in [1.807, 2.05) is 6.92 Å². The first kappa shape index (κ1) is 16.6. The molecule has 0 saturated heterocycles. The van der Waals surface area contributed by atoms with Gasteiger partial charge in [-0.05, 0) is 32.1 Å². The van der Waals surface area contributed by atoms with Crippen molar-refractivity contribution in [2.75, 3.05) is 6.61 Å². The number of ketones is 1. The van der Waals surface area contributed by atoms with Crippen molar-refractivity contribution in [2.24, 2.45) is 11.8 Å². The van der Waals surface area contributed by atoms with E-state index in [0.29, 0.717) is 18.9 Å². The van der Waals surface area contributed by atoms with Crippen LogP contribution in [-0.2, 0) is 9.53 Å². The van der Waals surface area contributed by atoms with E-state index in [4.69, 9.17) is 4.74 Å². The highest BCUT2D eigenvalue weighted by Crippen LogP contribution is 2.19. The van der Waals surface area contributed by atoms with Gasteiger partial charge < -0.3 is 4.74 Å². The molecule has 17 heavy (non-hydrogen) atoms. The fraction of sp³-hybridized carbons (Fsp3) is 0.933. The second kappa shape index (κ2) is 9.64. The summed E-state index contributed by atoms with van der Waals surface area (Å²) in [6.07, 6.45) is 5.56. The number of carbonyl (C=O) groups is 1. The van der Waals surface area contributed by atoms with Crippen LogP contribution in [0.1, 0.15) is 66.7 Å². The van der Waals surface area contributed by atoms with Crippen LogP contribution in [0.4, 0.5) is 0 Å². The molecule has 0 aliphatic rings. The molecule has 0 rings (SSSR count). The van der Waals surface area contributed by atoms with Crippen LogP contribution in [0.15, 0.2) is 0 Å². The first-order valence-corrected chi connectivity index (χ1v) is 7.06. The van der Waals surface area contributed by atoms with Crippen LogP contribution in [0.2, 0.25) is 0 Å². The van der Waals surface area contributed by atoms with E-state index in [9.17, 15) is 4.79 Å². The second-order valence-corrected chi connectivity index (χ2v) is 5.65. The van der Waals surface area contributed by atoms with Crippen LogP contribution < -0.4 is 0 Å². The lowest BCUT2D eigenvalue weighted by atomic mass is 9.93. The standard InChI is InChI=1S/C15H30O2/c1-6-17-15(11-14(5)16)10-13(4)9-7-8-12(2)3/h12-13,15H,6-11H2,1-5H3. The topological polar surface area (TPSA) is 26.3 Å². The lowest BCUT2D eigenvalue weighted by Gasteiger charge is -2.20. The molecule has 0 fully saturated rings. The van der Waals surface area contributed by atoms with E-state index >= 15 is 0 Å². The van der Waals surface area contributed by atoms with Gasteiger partial charge in [-0.15, -0.1) is 0 Å². The summed E-state index contributed by atoms with van der Waals surface area (Å²) in [5, 5.41) is 0. The predicted octanol–water partition coefficient (Wildman–Crippen LogP) is 4.22. The Morgan fingerprint density at radius 3 is 2.29 bits per heavy atom. The SMILES string of the molecule is CCOC(CC(C)=O)CC(C)CCCC(C)C. The molecule has 0 aromatic carbocycles. The van der Waals surface area contributed by atoms with Gasteiger partial charge in [0.1, 0.15) is 5.78 Å². The van der Waals surface area contributed by atoms with Gasteiger partial charge in [0.05, 0.1) is 6.10 Å². The molecule has 2 unspecified atom stereocenters. The molecule has 0 aliphatic heterocycles. The van der Waals surface area contributed by atoms with Gasteiger partial charge in [0.25, 0.3) is 0 Å². The Balaban J connectivity index is 3.85. The van der Waals surface area contributed by atoms with Gasteiger partial charge in [-0.25, -0.2) is 0 Å². The smallest absolute Gasteiger partial charge is 0.132 e. The zero-order chi connectivity index (χ0) is 13.3. The van der Waals surface area contributed by atoms with Crippen LogP contribution >= 0.6 is 0 Å². The molecule has 0 bridgehead atoms. The summed E-state index contributed by atoms with van der Waals surface area (Å²) >= 11 is 0. The number of ether oxygens (including phenoxy) is 1. The van der Waals surface area contributed by atoms with Crippen LogP contribution in [0, 0.1) is 11.8 Å². The molecule has 0 amide bonds. The molecule has 2 atom stereocenters. The third-order valence-corrected chi connectivity index (χ3v) is 3.06. The van der Waals surface area contributed by atoms with E-state index in [-0.39, 0.29) is 11.9 Å². The van der Waals surface area contributed by atoms with Gasteiger partial charge in [0, 0.05) is 13.0 Å². The van der Waals surface area contributed by atoms with Gasteiger partial charge in [0.15, 0.2) is 0 Å². The lowest BCUT2D eigenvalue weighted by molar-refractivity contribution is -0.120. The summed E-state index contributed by atoms with van der Waals surface area (Å²) in [5.74, 6) is 1.68. The fourth-order valence-corrected chi connectivity index (χ4v) is 2.21. The molecule has 2 nitrogen and oxygen atoms in total. The largest absolute Gasteiger partial charge is 0.378 e. The number of hydrogen-bond acceptors (Lipinski definition) is 2. The number of rotatable bonds is 10. The molecule has 0 aromatic rings. The van der Waals surface area contributed by atoms with Crippen LogP contribution in [0.25, 0.3) is 0 Å². The Labute approximate surface area is 107 Å². The Morgan fingerprint density at radius 1 is 1.18 bits per heavy atom. The van der Waals surface area contributed by atoms with Crippen molar-refractivity contribution in [2.45, 2.75) is 72.8 Å². The highest BCUT2D eigenvalue weighted by molar-refractivity contribution is 5.75. The summed E-state index contributed by atoms with van der Waals surface area (Å²) in [6.45, 7) is 11.2. The average molecular weight is 242 g/mol. The number of Topliss-reactive ketones (excluding diaryl/α,β-unsaturated/α-hetero) is 1. The minimum atomic E-state index is 0.131. The predicted molar refractivity (Wildman–Crippen MR) is 73.2 cm³/mol. The molecule has 0 aliphatic carbocycles. The van der Waals surface area contributed by atoms with Gasteiger partial charge in [-0.1, -0.05) is 40.0 Å². The molecule has 0 spiro atoms. The lowest BCUT2D eigenvalue weighted by Crippen LogP contribution is -2.19. The average Bonchev–Trinajstić information content (AvgIpc) is 2.15. The molecule has 0 aromatic heterocycles. The normalized spacial score (nSPS) is 14.9. The van der Waals surface area contributed by atoms with E-state index in [1.54, 1.807) is 6.92 Å². The summed E-state index contributed by atoms with van der Waals surface area (Å²) in [7, 11) is 0. The van der Waals surface area contributed by atoms with Crippen LogP contribution in [0.3, 0.4) is 0 Å². The van der Waals surface area contributed by atoms with Crippen molar-refractivity contribution >= 4 is 5.78 Å². The summed E-state index contributed by atoms with van der Waals surface area (Å²) < 4.78 is 5.63. The van der Waals surface area contributed by atoms with Gasteiger partial charge in [-0.3, -0.25) is 4.79 Å².